The Bertz CT molecular complexity index is 852. The number of phenols is 1. The van der Waals surface area contributed by atoms with Crippen molar-refractivity contribution < 1.29 is 5.11 Å². The van der Waals surface area contributed by atoms with Gasteiger partial charge in [-0.1, -0.05) is 48.5 Å². The first-order valence-corrected chi connectivity index (χ1v) is 7.03. The molecular weight excluding hydrogens is 258 g/mol. The molecule has 0 spiro atoms. The molecule has 0 aromatic heterocycles. The second kappa shape index (κ2) is 4.38. The lowest BCUT2D eigenvalue weighted by atomic mass is 9.94. The van der Waals surface area contributed by atoms with Crippen molar-refractivity contribution in [3.05, 3.63) is 71.8 Å². The summed E-state index contributed by atoms with van der Waals surface area (Å²) in [5.41, 5.74) is 13.5. The molecule has 0 amide bonds. The summed E-state index contributed by atoms with van der Waals surface area (Å²) in [5, 5.41) is 9.88. The van der Waals surface area contributed by atoms with Crippen LogP contribution in [0.3, 0.4) is 0 Å². The summed E-state index contributed by atoms with van der Waals surface area (Å²) < 4.78 is 0. The van der Waals surface area contributed by atoms with Gasteiger partial charge in [0.2, 0.25) is 0 Å². The van der Waals surface area contributed by atoms with Crippen molar-refractivity contribution in [2.24, 2.45) is 0 Å². The van der Waals surface area contributed by atoms with Gasteiger partial charge in [0.05, 0.1) is 5.69 Å². The molecule has 21 heavy (non-hydrogen) atoms. The second-order valence-electron chi connectivity index (χ2n) is 5.45. The van der Waals surface area contributed by atoms with Crippen molar-refractivity contribution in [3.63, 3.8) is 0 Å². The van der Waals surface area contributed by atoms with E-state index in [1.165, 1.54) is 22.3 Å². The number of hydrogen-bond acceptors (Lipinski definition) is 2. The molecule has 0 saturated heterocycles. The molecule has 0 aliphatic heterocycles. The lowest BCUT2D eigenvalue weighted by molar-refractivity contribution is 0.478. The van der Waals surface area contributed by atoms with Crippen LogP contribution in [-0.2, 0) is 6.42 Å². The van der Waals surface area contributed by atoms with Crippen LogP contribution in [-0.4, -0.2) is 5.11 Å². The fourth-order valence-corrected chi connectivity index (χ4v) is 3.14. The number of nitrogens with two attached hydrogens (primary N) is 1. The lowest BCUT2D eigenvalue weighted by Gasteiger charge is -2.11. The van der Waals surface area contributed by atoms with Gasteiger partial charge < -0.3 is 10.8 Å². The highest BCUT2D eigenvalue weighted by Gasteiger charge is 2.21. The Kier molecular flexibility index (Phi) is 2.51. The molecule has 4 rings (SSSR count). The van der Waals surface area contributed by atoms with E-state index < -0.39 is 0 Å². The Balaban J connectivity index is 1.97. The van der Waals surface area contributed by atoms with E-state index in [1.54, 1.807) is 12.1 Å². The maximum Gasteiger partial charge on any atom is 0.139 e. The highest BCUT2D eigenvalue weighted by molar-refractivity contribution is 5.90. The SMILES string of the molecule is Nc1ccc(-c2cccc3c2-c2ccccc2C3)cc1O. The molecule has 2 nitrogen and oxygen atoms in total. The lowest BCUT2D eigenvalue weighted by Crippen LogP contribution is -1.88. The highest BCUT2D eigenvalue weighted by Crippen LogP contribution is 2.43. The largest absolute Gasteiger partial charge is 0.506 e. The summed E-state index contributed by atoms with van der Waals surface area (Å²) in [6.45, 7) is 0. The number of rotatable bonds is 1. The minimum absolute atomic E-state index is 0.136. The minimum atomic E-state index is 0.136. The van der Waals surface area contributed by atoms with Crippen molar-refractivity contribution in [2.45, 2.75) is 6.42 Å². The number of aromatic hydroxyl groups is 1. The number of phenolic OH excluding ortho intramolecular Hbond substituents is 1. The third-order valence-corrected chi connectivity index (χ3v) is 4.16. The Morgan fingerprint density at radius 2 is 1.57 bits per heavy atom. The first kappa shape index (κ1) is 12.0. The number of hydrogen-bond donors (Lipinski definition) is 2. The summed E-state index contributed by atoms with van der Waals surface area (Å²) in [7, 11) is 0. The number of benzene rings is 3. The summed E-state index contributed by atoms with van der Waals surface area (Å²) in [5.74, 6) is 0.136. The summed E-state index contributed by atoms with van der Waals surface area (Å²) in [6.07, 6.45) is 0.973. The molecule has 0 heterocycles. The second-order valence-corrected chi connectivity index (χ2v) is 5.45. The van der Waals surface area contributed by atoms with Gasteiger partial charge in [-0.3, -0.25) is 0 Å². The fourth-order valence-electron chi connectivity index (χ4n) is 3.14. The van der Waals surface area contributed by atoms with Crippen LogP contribution in [0.25, 0.3) is 22.3 Å². The molecule has 1 aliphatic carbocycles. The average molecular weight is 273 g/mol. The van der Waals surface area contributed by atoms with Gasteiger partial charge in [-0.15, -0.1) is 0 Å². The molecule has 2 heteroatoms. The molecule has 0 bridgehead atoms. The molecule has 0 unspecified atom stereocenters. The quantitative estimate of drug-likeness (QED) is 0.403. The molecule has 0 saturated carbocycles. The van der Waals surface area contributed by atoms with Gasteiger partial charge in [-0.05, 0) is 51.9 Å². The van der Waals surface area contributed by atoms with E-state index in [9.17, 15) is 5.11 Å². The van der Waals surface area contributed by atoms with Gasteiger partial charge in [0.1, 0.15) is 5.75 Å². The molecule has 0 radical (unpaired) electrons. The van der Waals surface area contributed by atoms with Crippen LogP contribution in [0.2, 0.25) is 0 Å². The van der Waals surface area contributed by atoms with E-state index in [0.717, 1.165) is 17.5 Å². The van der Waals surface area contributed by atoms with Crippen molar-refractivity contribution in [3.8, 4) is 28.0 Å². The maximum absolute atomic E-state index is 9.88. The Hall–Kier alpha value is -2.74. The van der Waals surface area contributed by atoms with Crippen LogP contribution in [0.15, 0.2) is 60.7 Å². The van der Waals surface area contributed by atoms with Gasteiger partial charge >= 0.3 is 0 Å². The van der Waals surface area contributed by atoms with E-state index in [1.807, 2.05) is 6.07 Å². The molecule has 102 valence electrons. The summed E-state index contributed by atoms with van der Waals surface area (Å²) >= 11 is 0. The van der Waals surface area contributed by atoms with Gasteiger partial charge in [0.25, 0.3) is 0 Å². The first-order valence-electron chi connectivity index (χ1n) is 7.03. The number of anilines is 1. The number of nitrogen functional groups attached to an aromatic ring is 1. The Labute approximate surface area is 123 Å². The number of fused-ring (bicyclic) bond motifs is 3. The molecular formula is C19H15NO. The molecule has 0 fully saturated rings. The normalized spacial score (nSPS) is 12.0. The predicted octanol–water partition coefficient (Wildman–Crippen LogP) is 4.21. The standard InChI is InChI=1S/C19H15NO/c20-17-9-8-13(11-18(17)21)16-7-3-5-14-10-12-4-1-2-6-15(12)19(14)16/h1-9,11,21H,10,20H2. The van der Waals surface area contributed by atoms with E-state index in [-0.39, 0.29) is 5.75 Å². The van der Waals surface area contributed by atoms with Gasteiger partial charge in [-0.2, -0.15) is 0 Å². The van der Waals surface area contributed by atoms with Crippen LogP contribution in [0, 0.1) is 0 Å². The molecule has 0 atom stereocenters. The summed E-state index contributed by atoms with van der Waals surface area (Å²) in [4.78, 5) is 0. The van der Waals surface area contributed by atoms with Crippen LogP contribution in [0.1, 0.15) is 11.1 Å². The van der Waals surface area contributed by atoms with E-state index in [2.05, 4.69) is 42.5 Å². The van der Waals surface area contributed by atoms with Gasteiger partial charge in [0, 0.05) is 0 Å². The van der Waals surface area contributed by atoms with Crippen molar-refractivity contribution in [1.29, 1.82) is 0 Å². The monoisotopic (exact) mass is 273 g/mol. The molecule has 1 aliphatic rings. The van der Waals surface area contributed by atoms with Gasteiger partial charge in [0.15, 0.2) is 0 Å². The zero-order valence-corrected chi connectivity index (χ0v) is 11.5. The predicted molar refractivity (Wildman–Crippen MR) is 86.2 cm³/mol. The van der Waals surface area contributed by atoms with Crippen molar-refractivity contribution >= 4 is 5.69 Å². The first-order chi connectivity index (χ1) is 10.2. The minimum Gasteiger partial charge on any atom is -0.506 e. The van der Waals surface area contributed by atoms with E-state index in [0.29, 0.717) is 5.69 Å². The van der Waals surface area contributed by atoms with E-state index in [4.69, 9.17) is 5.73 Å². The smallest absolute Gasteiger partial charge is 0.139 e. The molecule has 3 N–H and O–H groups in total. The van der Waals surface area contributed by atoms with Crippen molar-refractivity contribution in [2.75, 3.05) is 5.73 Å². The summed E-state index contributed by atoms with van der Waals surface area (Å²) in [6, 6.07) is 20.3. The van der Waals surface area contributed by atoms with Crippen LogP contribution >= 0.6 is 0 Å². The van der Waals surface area contributed by atoms with Gasteiger partial charge in [-0.25, -0.2) is 0 Å². The van der Waals surface area contributed by atoms with Crippen LogP contribution < -0.4 is 5.73 Å². The molecule has 3 aromatic carbocycles. The third-order valence-electron chi connectivity index (χ3n) is 4.16. The Morgan fingerprint density at radius 3 is 2.43 bits per heavy atom. The topological polar surface area (TPSA) is 46.2 Å². The van der Waals surface area contributed by atoms with Crippen molar-refractivity contribution in [1.82, 2.24) is 0 Å². The fraction of sp³-hybridized carbons (Fsp3) is 0.0526. The third kappa shape index (κ3) is 1.80. The van der Waals surface area contributed by atoms with Crippen LogP contribution in [0.4, 0.5) is 5.69 Å². The maximum atomic E-state index is 9.88. The van der Waals surface area contributed by atoms with Crippen LogP contribution in [0.5, 0.6) is 5.75 Å². The highest BCUT2D eigenvalue weighted by atomic mass is 16.3. The average Bonchev–Trinajstić information content (AvgIpc) is 2.88. The zero-order chi connectivity index (χ0) is 14.4. The Morgan fingerprint density at radius 1 is 0.810 bits per heavy atom. The van der Waals surface area contributed by atoms with E-state index >= 15 is 0 Å². The zero-order valence-electron chi connectivity index (χ0n) is 11.5. The molecule has 3 aromatic rings.